The van der Waals surface area contributed by atoms with Gasteiger partial charge in [-0.1, -0.05) is 64.2 Å². The van der Waals surface area contributed by atoms with E-state index in [1.54, 1.807) is 18.2 Å². The van der Waals surface area contributed by atoms with Crippen LogP contribution in [0.1, 0.15) is 0 Å². The average molecular weight is 262 g/mol. The van der Waals surface area contributed by atoms with Crippen molar-refractivity contribution in [2.75, 3.05) is 0 Å². The van der Waals surface area contributed by atoms with Crippen molar-refractivity contribution >= 4 is 58.2 Å². The monoisotopic (exact) mass is 260 g/mol. The van der Waals surface area contributed by atoms with Crippen molar-refractivity contribution in [2.45, 2.75) is 9.06 Å². The Labute approximate surface area is 95.1 Å². The molecule has 0 N–H and O–H groups in total. The molecule has 0 radical (unpaired) electrons. The zero-order chi connectivity index (χ0) is 9.14. The molecule has 0 aliphatic heterocycles. The third kappa shape index (κ3) is 2.90. The molecule has 0 amide bonds. The maximum atomic E-state index is 5.85. The number of halogens is 4. The predicted molar refractivity (Wildman–Crippen MR) is 57.8 cm³/mol. The number of alkyl halides is 2. The number of hydrogen-bond donors (Lipinski definition) is 0. The van der Waals surface area contributed by atoms with Gasteiger partial charge in [0, 0.05) is 4.90 Å². The Morgan fingerprint density at radius 1 is 1.08 bits per heavy atom. The first kappa shape index (κ1) is 10.8. The number of benzene rings is 1. The smallest absolute Gasteiger partial charge is 0.0928 e. The topological polar surface area (TPSA) is 0 Å². The van der Waals surface area contributed by atoms with Gasteiger partial charge in [0.15, 0.2) is 4.17 Å². The van der Waals surface area contributed by atoms with Crippen molar-refractivity contribution < 1.29 is 0 Å². The molecule has 0 aromatic heterocycles. The van der Waals surface area contributed by atoms with Gasteiger partial charge in [-0.05, 0) is 12.1 Å². The molecule has 0 bridgehead atoms. The van der Waals surface area contributed by atoms with Gasteiger partial charge in [0.25, 0.3) is 0 Å². The fraction of sp³-hybridized carbons (Fsp3) is 0.143. The minimum atomic E-state index is -0.553. The van der Waals surface area contributed by atoms with Crippen LogP contribution in [0.3, 0.4) is 0 Å². The van der Waals surface area contributed by atoms with E-state index in [0.29, 0.717) is 10.0 Å². The van der Waals surface area contributed by atoms with Crippen LogP contribution in [0.2, 0.25) is 10.0 Å². The Kier molecular flexibility index (Phi) is 4.35. The number of thioether (sulfide) groups is 1. The summed E-state index contributed by atoms with van der Waals surface area (Å²) < 4.78 is -0.553. The van der Waals surface area contributed by atoms with Crippen molar-refractivity contribution in [3.63, 3.8) is 0 Å². The lowest BCUT2D eigenvalue weighted by molar-refractivity contribution is 1.46. The molecule has 0 atom stereocenters. The Hall–Kier alpha value is 0.730. The second-order valence-corrected chi connectivity index (χ2v) is 5.47. The Morgan fingerprint density at radius 2 is 1.58 bits per heavy atom. The molecular weight excluding hydrogens is 258 g/mol. The maximum absolute atomic E-state index is 5.85. The van der Waals surface area contributed by atoms with Crippen LogP contribution in [0.5, 0.6) is 0 Å². The number of hydrogen-bond acceptors (Lipinski definition) is 1. The van der Waals surface area contributed by atoms with Crippen molar-refractivity contribution in [3.05, 3.63) is 28.2 Å². The van der Waals surface area contributed by atoms with Gasteiger partial charge in [-0.15, -0.1) is 0 Å². The molecule has 0 aliphatic carbocycles. The quantitative estimate of drug-likeness (QED) is 0.542. The molecule has 0 heterocycles. The molecule has 0 spiro atoms. The molecule has 1 rings (SSSR count). The van der Waals surface area contributed by atoms with Gasteiger partial charge in [0.05, 0.1) is 10.0 Å². The van der Waals surface area contributed by atoms with Crippen molar-refractivity contribution in [1.29, 1.82) is 0 Å². The summed E-state index contributed by atoms with van der Waals surface area (Å²) in [5.41, 5.74) is 0. The molecule has 1 aromatic rings. The largest absolute Gasteiger partial charge is 0.157 e. The van der Waals surface area contributed by atoms with Gasteiger partial charge in [-0.25, -0.2) is 0 Å². The highest BCUT2D eigenvalue weighted by molar-refractivity contribution is 8.02. The minimum absolute atomic E-state index is 0.553. The summed E-state index contributed by atoms with van der Waals surface area (Å²) in [6, 6.07) is 5.25. The van der Waals surface area contributed by atoms with Gasteiger partial charge in [-0.2, -0.15) is 0 Å². The minimum Gasteiger partial charge on any atom is -0.0928 e. The Bertz CT molecular complexity index is 254. The average Bonchev–Trinajstić information content (AvgIpc) is 1.97. The summed E-state index contributed by atoms with van der Waals surface area (Å²) in [6.07, 6.45) is 0. The van der Waals surface area contributed by atoms with Crippen LogP contribution in [0.25, 0.3) is 0 Å². The highest BCUT2D eigenvalue weighted by Gasteiger charge is 2.09. The Balaban J connectivity index is 2.96. The van der Waals surface area contributed by atoms with Gasteiger partial charge >= 0.3 is 0 Å². The normalized spacial score (nSPS) is 10.8. The predicted octanol–water partition coefficient (Wildman–Crippen LogP) is 4.85. The highest BCUT2D eigenvalue weighted by atomic mass is 35.5. The molecule has 5 heteroatoms. The Morgan fingerprint density at radius 3 is 2.00 bits per heavy atom. The van der Waals surface area contributed by atoms with Crippen molar-refractivity contribution in [2.24, 2.45) is 0 Å². The van der Waals surface area contributed by atoms with Crippen molar-refractivity contribution in [1.82, 2.24) is 0 Å². The van der Waals surface area contributed by atoms with Gasteiger partial charge < -0.3 is 0 Å². The van der Waals surface area contributed by atoms with Gasteiger partial charge in [0.2, 0.25) is 0 Å². The van der Waals surface area contributed by atoms with Crippen molar-refractivity contribution in [3.8, 4) is 0 Å². The van der Waals surface area contributed by atoms with E-state index in [-0.39, 0.29) is 0 Å². The first-order chi connectivity index (χ1) is 5.61. The lowest BCUT2D eigenvalue weighted by Gasteiger charge is -2.05. The van der Waals surface area contributed by atoms with Crippen LogP contribution in [0.15, 0.2) is 23.1 Å². The fourth-order valence-corrected chi connectivity index (χ4v) is 2.42. The standard InChI is InChI=1S/C7H4Cl4S/c8-4-2-1-3-5(9)6(4)12-7(10)11/h1-3,7H. The van der Waals surface area contributed by atoms with E-state index in [0.717, 1.165) is 4.90 Å². The van der Waals surface area contributed by atoms with E-state index in [1.165, 1.54) is 11.8 Å². The molecule has 0 aliphatic rings. The molecule has 0 fully saturated rings. The molecule has 0 nitrogen and oxygen atoms in total. The van der Waals surface area contributed by atoms with E-state index in [1.807, 2.05) is 0 Å². The zero-order valence-electron chi connectivity index (χ0n) is 5.73. The van der Waals surface area contributed by atoms with Crippen LogP contribution >= 0.6 is 58.2 Å². The highest BCUT2D eigenvalue weighted by Crippen LogP contribution is 2.38. The SMILES string of the molecule is Clc1cccc(Cl)c1SC(Cl)Cl. The summed E-state index contributed by atoms with van der Waals surface area (Å²) in [7, 11) is 0. The molecule has 0 unspecified atom stereocenters. The van der Waals surface area contributed by atoms with Crippen LogP contribution in [0.4, 0.5) is 0 Å². The summed E-state index contributed by atoms with van der Waals surface area (Å²) in [4.78, 5) is 0.718. The van der Waals surface area contributed by atoms with E-state index in [2.05, 4.69) is 0 Å². The molecule has 66 valence electrons. The van der Waals surface area contributed by atoms with E-state index >= 15 is 0 Å². The molecule has 12 heavy (non-hydrogen) atoms. The van der Waals surface area contributed by atoms with E-state index in [4.69, 9.17) is 46.4 Å². The number of rotatable bonds is 2. The molecule has 0 saturated heterocycles. The lowest BCUT2D eigenvalue weighted by Crippen LogP contribution is -1.81. The van der Waals surface area contributed by atoms with Crippen LogP contribution in [-0.2, 0) is 0 Å². The first-order valence-electron chi connectivity index (χ1n) is 3.00. The molecule has 1 aromatic carbocycles. The summed E-state index contributed by atoms with van der Waals surface area (Å²) in [5, 5.41) is 1.14. The van der Waals surface area contributed by atoms with E-state index in [9.17, 15) is 0 Å². The van der Waals surface area contributed by atoms with Crippen LogP contribution in [-0.4, -0.2) is 4.17 Å². The van der Waals surface area contributed by atoms with E-state index < -0.39 is 4.17 Å². The summed E-state index contributed by atoms with van der Waals surface area (Å²) in [6.45, 7) is 0. The lowest BCUT2D eigenvalue weighted by atomic mass is 10.4. The van der Waals surface area contributed by atoms with Crippen LogP contribution < -0.4 is 0 Å². The fourth-order valence-electron chi connectivity index (χ4n) is 0.684. The first-order valence-corrected chi connectivity index (χ1v) is 5.51. The molecule has 0 saturated carbocycles. The third-order valence-electron chi connectivity index (χ3n) is 1.13. The summed E-state index contributed by atoms with van der Waals surface area (Å²) >= 11 is 24.1. The molecular formula is C7H4Cl4S. The summed E-state index contributed by atoms with van der Waals surface area (Å²) in [5.74, 6) is 0. The second-order valence-electron chi connectivity index (χ2n) is 1.93. The third-order valence-corrected chi connectivity index (χ3v) is 3.37. The maximum Gasteiger partial charge on any atom is 0.157 e. The van der Waals surface area contributed by atoms with Gasteiger partial charge in [-0.3, -0.25) is 0 Å². The zero-order valence-corrected chi connectivity index (χ0v) is 9.57. The second kappa shape index (κ2) is 4.83. The van der Waals surface area contributed by atoms with Gasteiger partial charge in [0.1, 0.15) is 0 Å². The van der Waals surface area contributed by atoms with Crippen LogP contribution in [0, 0.1) is 0 Å².